The van der Waals surface area contributed by atoms with Crippen LogP contribution in [-0.2, 0) is 0 Å². The molecule has 0 aromatic carbocycles. The predicted molar refractivity (Wildman–Crippen MR) is 45.2 cm³/mol. The SMILES string of the molecule is [CH2-]C1CCCCN1C.[CH2-]N.[U+2]. The van der Waals surface area contributed by atoms with Gasteiger partial charge < -0.3 is 17.6 Å². The molecule has 64 valence electrons. The molecule has 0 radical (unpaired) electrons. The van der Waals surface area contributed by atoms with Crippen LogP contribution in [-0.4, -0.2) is 24.5 Å². The minimum atomic E-state index is 0. The predicted octanol–water partition coefficient (Wildman–Crippen LogP) is 1.04. The van der Waals surface area contributed by atoms with Crippen molar-refractivity contribution in [3.05, 3.63) is 14.0 Å². The van der Waals surface area contributed by atoms with Gasteiger partial charge >= 0.3 is 31.1 Å². The Balaban J connectivity index is 0. The molecule has 0 amide bonds. The fraction of sp³-hybridized carbons (Fsp3) is 0.750. The average molecular weight is 380 g/mol. The van der Waals surface area contributed by atoms with Crippen molar-refractivity contribution in [1.29, 1.82) is 0 Å². The molecule has 1 fully saturated rings. The van der Waals surface area contributed by atoms with Gasteiger partial charge in [-0.2, -0.15) is 0 Å². The number of nitrogens with two attached hydrogens (primary N) is 1. The number of nitrogens with zero attached hydrogens (tertiary/aromatic N) is 1. The molecule has 1 aliphatic heterocycles. The van der Waals surface area contributed by atoms with Crippen molar-refractivity contribution < 1.29 is 31.1 Å². The van der Waals surface area contributed by atoms with Gasteiger partial charge in [0.1, 0.15) is 0 Å². The van der Waals surface area contributed by atoms with Crippen LogP contribution >= 0.6 is 0 Å². The third-order valence-corrected chi connectivity index (χ3v) is 1.92. The maximum Gasteiger partial charge on any atom is 2.00 e. The van der Waals surface area contributed by atoms with E-state index in [-0.39, 0.29) is 31.1 Å². The van der Waals surface area contributed by atoms with E-state index in [1.165, 1.54) is 25.8 Å². The standard InChI is InChI=1S/C7H14N.CH4N.U/c1-7-5-3-4-6-8(7)2;1-2;/h7H,1,3-6H2,2H3;1-2H2;/q2*-1;+2. The molecule has 1 unspecified atom stereocenters. The first-order valence-electron chi connectivity index (χ1n) is 3.75. The number of piperidine rings is 1. The third kappa shape index (κ3) is 6.16. The van der Waals surface area contributed by atoms with Crippen molar-refractivity contribution in [2.75, 3.05) is 13.6 Å². The average Bonchev–Trinajstić information content (AvgIpc) is 2.00. The van der Waals surface area contributed by atoms with Crippen LogP contribution in [0.25, 0.3) is 0 Å². The maximum absolute atomic E-state index is 4.25. The molecular weight excluding hydrogens is 362 g/mol. The number of hydrogen-bond donors (Lipinski definition) is 1. The van der Waals surface area contributed by atoms with E-state index >= 15 is 0 Å². The Kier molecular flexibility index (Phi) is 11.9. The van der Waals surface area contributed by atoms with E-state index in [1.807, 2.05) is 0 Å². The number of hydrogen-bond acceptors (Lipinski definition) is 2. The van der Waals surface area contributed by atoms with Gasteiger partial charge in [-0.3, -0.25) is 7.05 Å². The van der Waals surface area contributed by atoms with Gasteiger partial charge in [0.25, 0.3) is 0 Å². The van der Waals surface area contributed by atoms with Gasteiger partial charge in [0.05, 0.1) is 0 Å². The van der Waals surface area contributed by atoms with Crippen LogP contribution in [0, 0.1) is 45.1 Å². The van der Waals surface area contributed by atoms with Crippen LogP contribution in [0.3, 0.4) is 0 Å². The van der Waals surface area contributed by atoms with E-state index < -0.39 is 0 Å². The second-order valence-electron chi connectivity index (χ2n) is 2.63. The zero-order valence-electron chi connectivity index (χ0n) is 7.34. The smallest absolute Gasteiger partial charge is 0.486 e. The van der Waals surface area contributed by atoms with Gasteiger partial charge in [-0.25, -0.2) is 0 Å². The second kappa shape index (κ2) is 9.06. The van der Waals surface area contributed by atoms with Crippen molar-refractivity contribution in [2.24, 2.45) is 5.73 Å². The topological polar surface area (TPSA) is 29.3 Å². The summed E-state index contributed by atoms with van der Waals surface area (Å²) in [7, 11) is 4.90. The van der Waals surface area contributed by atoms with E-state index in [4.69, 9.17) is 0 Å². The van der Waals surface area contributed by atoms with Crippen LogP contribution in [0.5, 0.6) is 0 Å². The number of likely N-dealkylation sites (tertiary alicyclic amines) is 1. The summed E-state index contributed by atoms with van der Waals surface area (Å²) >= 11 is 0. The Bertz CT molecular complexity index is 68.5. The van der Waals surface area contributed by atoms with Crippen LogP contribution in [0.2, 0.25) is 0 Å². The fourth-order valence-corrected chi connectivity index (χ4v) is 1.14. The van der Waals surface area contributed by atoms with Crippen molar-refractivity contribution >= 4 is 0 Å². The molecule has 0 aromatic rings. The van der Waals surface area contributed by atoms with Gasteiger partial charge in [-0.15, -0.1) is 6.04 Å². The summed E-state index contributed by atoms with van der Waals surface area (Å²) in [6.45, 7) is 5.25. The van der Waals surface area contributed by atoms with Gasteiger partial charge in [-0.05, 0) is 20.0 Å². The van der Waals surface area contributed by atoms with Gasteiger partial charge in [0.15, 0.2) is 0 Å². The van der Waals surface area contributed by atoms with Crippen molar-refractivity contribution in [1.82, 2.24) is 4.90 Å². The zero-order valence-corrected chi connectivity index (χ0v) is 11.5. The summed E-state index contributed by atoms with van der Waals surface area (Å²) in [5.74, 6) is 0. The summed E-state index contributed by atoms with van der Waals surface area (Å²) in [5, 5.41) is 0. The first kappa shape index (κ1) is 14.5. The number of rotatable bonds is 0. The molecule has 0 saturated carbocycles. The Hall–Kier alpha value is 0.972. The molecule has 0 spiro atoms. The molecule has 1 heterocycles. The van der Waals surface area contributed by atoms with Gasteiger partial charge in [0.2, 0.25) is 0 Å². The molecule has 2 nitrogen and oxygen atoms in total. The van der Waals surface area contributed by atoms with Crippen molar-refractivity contribution in [3.63, 3.8) is 0 Å². The third-order valence-electron chi connectivity index (χ3n) is 1.92. The van der Waals surface area contributed by atoms with Gasteiger partial charge in [0, 0.05) is 0 Å². The van der Waals surface area contributed by atoms with E-state index in [1.54, 1.807) is 0 Å². The van der Waals surface area contributed by atoms with Crippen LogP contribution in [0.4, 0.5) is 0 Å². The minimum absolute atomic E-state index is 0. The maximum atomic E-state index is 4.25. The van der Waals surface area contributed by atoms with Crippen LogP contribution < -0.4 is 5.73 Å². The minimum Gasteiger partial charge on any atom is -0.486 e. The Morgan fingerprint density at radius 2 is 1.91 bits per heavy atom. The first-order valence-corrected chi connectivity index (χ1v) is 3.75. The molecule has 2 N–H and O–H groups in total. The largest absolute Gasteiger partial charge is 2.00 e. The molecule has 1 saturated heterocycles. The summed E-state index contributed by atoms with van der Waals surface area (Å²) < 4.78 is 0. The quantitative estimate of drug-likeness (QED) is 0.637. The Morgan fingerprint density at radius 1 is 1.36 bits per heavy atom. The normalized spacial score (nSPS) is 24.5. The summed E-state index contributed by atoms with van der Waals surface area (Å²) in [6.07, 6.45) is 4.03. The van der Waals surface area contributed by atoms with E-state index in [9.17, 15) is 0 Å². The fourth-order valence-electron chi connectivity index (χ4n) is 1.14. The Morgan fingerprint density at radius 3 is 2.18 bits per heavy atom. The summed E-state index contributed by atoms with van der Waals surface area (Å²) in [5.41, 5.74) is 4.25. The molecule has 0 aromatic heterocycles. The molecule has 1 aliphatic rings. The second-order valence-corrected chi connectivity index (χ2v) is 2.63. The monoisotopic (exact) mass is 380 g/mol. The van der Waals surface area contributed by atoms with Crippen LogP contribution in [0.1, 0.15) is 19.3 Å². The molecular formula is C8H18N2U. The molecule has 0 bridgehead atoms. The molecule has 3 heteroatoms. The summed E-state index contributed by atoms with van der Waals surface area (Å²) in [6, 6.07) is 0.587. The first-order chi connectivity index (χ1) is 4.80. The molecule has 0 aliphatic carbocycles. The van der Waals surface area contributed by atoms with Crippen molar-refractivity contribution in [3.8, 4) is 0 Å². The Labute approximate surface area is 94.3 Å². The van der Waals surface area contributed by atoms with E-state index in [0.717, 1.165) is 0 Å². The zero-order chi connectivity index (χ0) is 7.98. The summed E-state index contributed by atoms with van der Waals surface area (Å²) in [4.78, 5) is 2.32. The van der Waals surface area contributed by atoms with Gasteiger partial charge in [-0.1, -0.05) is 12.8 Å². The molecule has 1 atom stereocenters. The molecule has 1 rings (SSSR count). The van der Waals surface area contributed by atoms with E-state index in [2.05, 4.69) is 31.7 Å². The van der Waals surface area contributed by atoms with Crippen LogP contribution in [0.15, 0.2) is 0 Å². The van der Waals surface area contributed by atoms with E-state index in [0.29, 0.717) is 6.04 Å². The van der Waals surface area contributed by atoms with Crippen molar-refractivity contribution in [2.45, 2.75) is 25.3 Å². The molecule has 11 heavy (non-hydrogen) atoms.